The molecular weight excluding hydrogens is 192 g/mol. The number of fused-ring (bicyclic) bond motifs is 1. The summed E-state index contributed by atoms with van der Waals surface area (Å²) in [7, 11) is 3.39. The number of hydrogen-bond acceptors (Lipinski definition) is 3. The zero-order chi connectivity index (χ0) is 11.2. The van der Waals surface area contributed by atoms with Gasteiger partial charge in [-0.15, -0.1) is 0 Å². The third-order valence-corrected chi connectivity index (χ3v) is 2.79. The molecule has 1 heterocycles. The van der Waals surface area contributed by atoms with Crippen molar-refractivity contribution in [3.63, 3.8) is 0 Å². The zero-order valence-electron chi connectivity index (χ0n) is 9.06. The smallest absolute Gasteiger partial charge is 0.276 e. The van der Waals surface area contributed by atoms with E-state index in [-0.39, 0.29) is 5.91 Å². The van der Waals surface area contributed by atoms with E-state index in [2.05, 4.69) is 0 Å². The van der Waals surface area contributed by atoms with Gasteiger partial charge >= 0.3 is 0 Å². The molecule has 1 aromatic carbocycles. The number of carbonyl (C=O) groups excluding carboxylic acids is 1. The first kappa shape index (κ1) is 9.98. The summed E-state index contributed by atoms with van der Waals surface area (Å²) < 4.78 is 0. The SMILES string of the molecule is Cc1ccc2c(c1)N(C)C(=O)C(O)N2C. The molecule has 0 saturated carbocycles. The molecule has 1 aliphatic heterocycles. The molecule has 1 N–H and O–H groups in total. The van der Waals surface area contributed by atoms with E-state index in [9.17, 15) is 9.90 Å². The predicted octanol–water partition coefficient (Wildman–Crippen LogP) is 0.726. The van der Waals surface area contributed by atoms with Crippen molar-refractivity contribution in [1.29, 1.82) is 0 Å². The number of amides is 1. The maximum Gasteiger partial charge on any atom is 0.276 e. The number of hydrogen-bond donors (Lipinski definition) is 1. The Bertz CT molecular complexity index is 417. The zero-order valence-corrected chi connectivity index (χ0v) is 9.06. The van der Waals surface area contributed by atoms with Gasteiger partial charge in [-0.3, -0.25) is 4.79 Å². The second kappa shape index (κ2) is 3.24. The minimum absolute atomic E-state index is 0.296. The third-order valence-electron chi connectivity index (χ3n) is 2.79. The van der Waals surface area contributed by atoms with Gasteiger partial charge in [0.15, 0.2) is 0 Å². The van der Waals surface area contributed by atoms with Crippen LogP contribution in [-0.4, -0.2) is 31.3 Å². The van der Waals surface area contributed by atoms with Crippen LogP contribution in [0, 0.1) is 6.92 Å². The number of aryl methyl sites for hydroxylation is 1. The van der Waals surface area contributed by atoms with E-state index in [4.69, 9.17) is 0 Å². The lowest BCUT2D eigenvalue weighted by atomic mass is 10.1. The standard InChI is InChI=1S/C11H14N2O2/c1-7-4-5-8-9(6-7)13(3)11(15)10(14)12(8)2/h4-6,10,14H,1-3H3. The number of rotatable bonds is 0. The maximum atomic E-state index is 11.6. The summed E-state index contributed by atoms with van der Waals surface area (Å²) in [6.45, 7) is 1.98. The lowest BCUT2D eigenvalue weighted by Gasteiger charge is -2.36. The van der Waals surface area contributed by atoms with Crippen LogP contribution in [0.2, 0.25) is 0 Å². The number of nitrogens with zero attached hydrogens (tertiary/aromatic N) is 2. The monoisotopic (exact) mass is 206 g/mol. The Balaban J connectivity index is 2.59. The van der Waals surface area contributed by atoms with Gasteiger partial charge in [0, 0.05) is 14.1 Å². The summed E-state index contributed by atoms with van der Waals surface area (Å²) in [5.74, 6) is -0.296. The Hall–Kier alpha value is -1.55. The van der Waals surface area contributed by atoms with E-state index < -0.39 is 6.23 Å². The van der Waals surface area contributed by atoms with Crippen molar-refractivity contribution in [2.45, 2.75) is 13.2 Å². The van der Waals surface area contributed by atoms with Gasteiger partial charge in [-0.2, -0.15) is 0 Å². The largest absolute Gasteiger partial charge is 0.365 e. The van der Waals surface area contributed by atoms with Crippen molar-refractivity contribution < 1.29 is 9.90 Å². The van der Waals surface area contributed by atoms with Crippen molar-refractivity contribution in [2.24, 2.45) is 0 Å². The Morgan fingerprint density at radius 1 is 1.27 bits per heavy atom. The van der Waals surface area contributed by atoms with E-state index in [1.165, 1.54) is 4.90 Å². The molecule has 15 heavy (non-hydrogen) atoms. The second-order valence-electron chi connectivity index (χ2n) is 3.87. The van der Waals surface area contributed by atoms with Gasteiger partial charge in [0.2, 0.25) is 6.23 Å². The summed E-state index contributed by atoms with van der Waals surface area (Å²) in [5.41, 5.74) is 2.81. The van der Waals surface area contributed by atoms with Crippen LogP contribution in [0.15, 0.2) is 18.2 Å². The highest BCUT2D eigenvalue weighted by molar-refractivity contribution is 6.04. The fourth-order valence-electron chi connectivity index (χ4n) is 1.79. The van der Waals surface area contributed by atoms with Crippen molar-refractivity contribution in [3.8, 4) is 0 Å². The minimum atomic E-state index is -1.08. The average molecular weight is 206 g/mol. The lowest BCUT2D eigenvalue weighted by molar-refractivity contribution is -0.126. The summed E-state index contributed by atoms with van der Waals surface area (Å²) in [6.07, 6.45) is -1.08. The van der Waals surface area contributed by atoms with Gasteiger partial charge in [-0.1, -0.05) is 6.07 Å². The summed E-state index contributed by atoms with van der Waals surface area (Å²) in [5, 5.41) is 9.67. The first-order valence-corrected chi connectivity index (χ1v) is 4.81. The van der Waals surface area contributed by atoms with Gasteiger partial charge in [0.25, 0.3) is 5.91 Å². The van der Waals surface area contributed by atoms with E-state index in [0.29, 0.717) is 0 Å². The Labute approximate surface area is 88.7 Å². The molecule has 80 valence electrons. The molecule has 0 bridgehead atoms. The molecule has 4 heteroatoms. The van der Waals surface area contributed by atoms with Crippen molar-refractivity contribution in [1.82, 2.24) is 0 Å². The van der Waals surface area contributed by atoms with Crippen molar-refractivity contribution >= 4 is 17.3 Å². The van der Waals surface area contributed by atoms with Gasteiger partial charge in [0.1, 0.15) is 0 Å². The molecule has 1 atom stereocenters. The first-order chi connectivity index (χ1) is 7.02. The predicted molar refractivity (Wildman–Crippen MR) is 59.0 cm³/mol. The van der Waals surface area contributed by atoms with Crippen LogP contribution in [-0.2, 0) is 4.79 Å². The molecule has 0 aromatic heterocycles. The van der Waals surface area contributed by atoms with Crippen molar-refractivity contribution in [3.05, 3.63) is 23.8 Å². The Kier molecular flexibility index (Phi) is 2.16. The summed E-state index contributed by atoms with van der Waals surface area (Å²) >= 11 is 0. The Morgan fingerprint density at radius 3 is 2.60 bits per heavy atom. The average Bonchev–Trinajstić information content (AvgIpc) is 2.23. The van der Waals surface area contributed by atoms with Gasteiger partial charge in [-0.05, 0) is 24.6 Å². The van der Waals surface area contributed by atoms with Gasteiger partial charge in [0.05, 0.1) is 11.4 Å². The number of aliphatic hydroxyl groups excluding tert-OH is 1. The molecule has 1 unspecified atom stereocenters. The van der Waals surface area contributed by atoms with Gasteiger partial charge < -0.3 is 14.9 Å². The third kappa shape index (κ3) is 1.37. The van der Waals surface area contributed by atoms with Crippen LogP contribution >= 0.6 is 0 Å². The normalized spacial score (nSPS) is 20.5. The van der Waals surface area contributed by atoms with Gasteiger partial charge in [-0.25, -0.2) is 0 Å². The molecule has 0 fully saturated rings. The van der Waals surface area contributed by atoms with Crippen LogP contribution < -0.4 is 9.80 Å². The second-order valence-corrected chi connectivity index (χ2v) is 3.87. The summed E-state index contributed by atoms with van der Waals surface area (Å²) in [6, 6.07) is 5.82. The van der Waals surface area contributed by atoms with E-state index in [1.54, 1.807) is 19.0 Å². The molecule has 1 aliphatic rings. The number of benzene rings is 1. The number of anilines is 2. The quantitative estimate of drug-likeness (QED) is 0.680. The molecule has 0 saturated heterocycles. The molecular formula is C11H14N2O2. The van der Waals surface area contributed by atoms with Crippen LogP contribution in [0.4, 0.5) is 11.4 Å². The number of aliphatic hydroxyl groups is 1. The van der Waals surface area contributed by atoms with E-state index in [1.807, 2.05) is 25.1 Å². The highest BCUT2D eigenvalue weighted by Crippen LogP contribution is 2.34. The molecule has 0 spiro atoms. The van der Waals surface area contributed by atoms with Crippen LogP contribution in [0.3, 0.4) is 0 Å². The molecule has 4 nitrogen and oxygen atoms in total. The summed E-state index contributed by atoms with van der Waals surface area (Å²) in [4.78, 5) is 14.7. The van der Waals surface area contributed by atoms with E-state index >= 15 is 0 Å². The van der Waals surface area contributed by atoms with E-state index in [0.717, 1.165) is 16.9 Å². The first-order valence-electron chi connectivity index (χ1n) is 4.81. The maximum absolute atomic E-state index is 11.6. The molecule has 1 amide bonds. The fourth-order valence-corrected chi connectivity index (χ4v) is 1.79. The lowest BCUT2D eigenvalue weighted by Crippen LogP contribution is -2.50. The number of likely N-dealkylation sites (N-methyl/N-ethyl adjacent to an activating group) is 2. The van der Waals surface area contributed by atoms with Crippen molar-refractivity contribution in [2.75, 3.05) is 23.9 Å². The molecule has 2 rings (SSSR count). The topological polar surface area (TPSA) is 43.8 Å². The van der Waals surface area contributed by atoms with Crippen LogP contribution in [0.25, 0.3) is 0 Å². The minimum Gasteiger partial charge on any atom is -0.365 e. The van der Waals surface area contributed by atoms with Crippen LogP contribution in [0.1, 0.15) is 5.56 Å². The molecule has 0 radical (unpaired) electrons. The molecule has 1 aromatic rings. The van der Waals surface area contributed by atoms with Crippen LogP contribution in [0.5, 0.6) is 0 Å². The number of carbonyl (C=O) groups is 1. The fraction of sp³-hybridized carbons (Fsp3) is 0.364. The highest BCUT2D eigenvalue weighted by atomic mass is 16.3. The molecule has 0 aliphatic carbocycles. The highest BCUT2D eigenvalue weighted by Gasteiger charge is 2.32. The Morgan fingerprint density at radius 2 is 1.93 bits per heavy atom.